The average molecular weight is 344 g/mol. The van der Waals surface area contributed by atoms with Gasteiger partial charge in [-0.15, -0.1) is 0 Å². The number of aliphatic imine (C=N–C) groups is 1. The smallest absolute Gasteiger partial charge is 0.363 e. The predicted octanol–water partition coefficient (Wildman–Crippen LogP) is 3.50. The van der Waals surface area contributed by atoms with Crippen LogP contribution in [0.3, 0.4) is 0 Å². The maximum atomic E-state index is 11.9. The van der Waals surface area contributed by atoms with E-state index in [1.165, 1.54) is 0 Å². The van der Waals surface area contributed by atoms with E-state index in [2.05, 4.69) is 20.9 Å². The van der Waals surface area contributed by atoms with Gasteiger partial charge in [0.1, 0.15) is 5.75 Å². The summed E-state index contributed by atoms with van der Waals surface area (Å²) in [5.74, 6) is -0.117. The van der Waals surface area contributed by atoms with Crippen LogP contribution in [0.5, 0.6) is 5.75 Å². The molecule has 2 aromatic carbocycles. The molecular formula is C16H10BrNO3. The Bertz CT molecular complexity index is 781. The largest absolute Gasteiger partial charge is 0.508 e. The number of cyclic esters (lactones) is 1. The summed E-state index contributed by atoms with van der Waals surface area (Å²) in [5.41, 5.74) is 1.59. The fraction of sp³-hybridized carbons (Fsp3) is 0. The summed E-state index contributed by atoms with van der Waals surface area (Å²) < 4.78 is 5.99. The molecule has 0 saturated carbocycles. The standard InChI is InChI=1S/C16H10BrNO3/c17-13-7-2-1-6-12(13)15-18-14(16(20)21-15)9-10-4-3-5-11(19)8-10/h1-9,19H/b14-9+. The average Bonchev–Trinajstić information content (AvgIpc) is 2.80. The number of carbonyl (C=O) groups excluding carboxylic acids is 1. The lowest BCUT2D eigenvalue weighted by Crippen LogP contribution is -2.05. The number of aromatic hydroxyl groups is 1. The zero-order valence-corrected chi connectivity index (χ0v) is 12.4. The zero-order chi connectivity index (χ0) is 14.8. The van der Waals surface area contributed by atoms with E-state index in [1.807, 2.05) is 24.3 Å². The molecule has 0 bridgehead atoms. The number of halogens is 1. The van der Waals surface area contributed by atoms with Crippen molar-refractivity contribution in [3.05, 3.63) is 69.8 Å². The van der Waals surface area contributed by atoms with Gasteiger partial charge in [0.05, 0.1) is 5.56 Å². The molecule has 1 heterocycles. The van der Waals surface area contributed by atoms with Crippen molar-refractivity contribution in [1.29, 1.82) is 0 Å². The summed E-state index contributed by atoms with van der Waals surface area (Å²) in [5, 5.41) is 9.43. The Balaban J connectivity index is 1.98. The molecule has 5 heteroatoms. The van der Waals surface area contributed by atoms with Crippen molar-refractivity contribution in [2.45, 2.75) is 0 Å². The van der Waals surface area contributed by atoms with E-state index in [0.29, 0.717) is 11.1 Å². The summed E-state index contributed by atoms with van der Waals surface area (Å²) >= 11 is 3.40. The van der Waals surface area contributed by atoms with Crippen LogP contribution in [0.4, 0.5) is 0 Å². The molecular weight excluding hydrogens is 334 g/mol. The molecule has 0 saturated heterocycles. The monoisotopic (exact) mass is 343 g/mol. The van der Waals surface area contributed by atoms with E-state index >= 15 is 0 Å². The lowest BCUT2D eigenvalue weighted by molar-refractivity contribution is -0.129. The first-order valence-electron chi connectivity index (χ1n) is 6.20. The van der Waals surface area contributed by atoms with Gasteiger partial charge in [-0.25, -0.2) is 9.79 Å². The lowest BCUT2D eigenvalue weighted by atomic mass is 10.2. The minimum absolute atomic E-state index is 0.130. The van der Waals surface area contributed by atoms with Crippen molar-refractivity contribution in [3.63, 3.8) is 0 Å². The van der Waals surface area contributed by atoms with Gasteiger partial charge in [0.2, 0.25) is 5.90 Å². The Labute approximate surface area is 129 Å². The van der Waals surface area contributed by atoms with Gasteiger partial charge in [-0.2, -0.15) is 0 Å². The van der Waals surface area contributed by atoms with E-state index in [0.717, 1.165) is 4.47 Å². The zero-order valence-electron chi connectivity index (χ0n) is 10.8. The number of nitrogens with zero attached hydrogens (tertiary/aromatic N) is 1. The number of hydrogen-bond donors (Lipinski definition) is 1. The van der Waals surface area contributed by atoms with Gasteiger partial charge >= 0.3 is 5.97 Å². The predicted molar refractivity (Wildman–Crippen MR) is 82.9 cm³/mol. The molecule has 0 atom stereocenters. The number of rotatable bonds is 2. The van der Waals surface area contributed by atoms with Gasteiger partial charge in [0.25, 0.3) is 0 Å². The van der Waals surface area contributed by atoms with Gasteiger partial charge in [-0.3, -0.25) is 0 Å². The molecule has 104 valence electrons. The molecule has 1 aliphatic rings. The fourth-order valence-corrected chi connectivity index (χ4v) is 2.39. The SMILES string of the molecule is O=C1OC(c2ccccc2Br)=N/C1=C/c1cccc(O)c1. The van der Waals surface area contributed by atoms with Crippen LogP contribution in [-0.2, 0) is 9.53 Å². The first-order valence-corrected chi connectivity index (χ1v) is 6.99. The summed E-state index contributed by atoms with van der Waals surface area (Å²) in [4.78, 5) is 16.1. The van der Waals surface area contributed by atoms with E-state index in [1.54, 1.807) is 30.3 Å². The topological polar surface area (TPSA) is 58.9 Å². The van der Waals surface area contributed by atoms with Crippen LogP contribution in [-0.4, -0.2) is 17.0 Å². The number of phenols is 1. The highest BCUT2D eigenvalue weighted by atomic mass is 79.9. The van der Waals surface area contributed by atoms with Gasteiger partial charge in [-0.05, 0) is 51.8 Å². The summed E-state index contributed by atoms with van der Waals surface area (Å²) in [6, 6.07) is 13.9. The molecule has 0 amide bonds. The Morgan fingerprint density at radius 1 is 1.14 bits per heavy atom. The van der Waals surface area contributed by atoms with E-state index in [9.17, 15) is 9.90 Å². The van der Waals surface area contributed by atoms with Crippen LogP contribution in [0.25, 0.3) is 6.08 Å². The minimum Gasteiger partial charge on any atom is -0.508 e. The van der Waals surface area contributed by atoms with Crippen LogP contribution >= 0.6 is 15.9 Å². The first kappa shape index (κ1) is 13.6. The van der Waals surface area contributed by atoms with Crippen molar-refractivity contribution in [1.82, 2.24) is 0 Å². The molecule has 3 rings (SSSR count). The molecule has 4 nitrogen and oxygen atoms in total. The van der Waals surface area contributed by atoms with Crippen molar-refractivity contribution in [2.75, 3.05) is 0 Å². The highest BCUT2D eigenvalue weighted by molar-refractivity contribution is 9.10. The van der Waals surface area contributed by atoms with Crippen molar-refractivity contribution >= 4 is 33.9 Å². The second-order valence-corrected chi connectivity index (χ2v) is 5.27. The molecule has 0 fully saturated rings. The van der Waals surface area contributed by atoms with Gasteiger partial charge in [-0.1, -0.05) is 24.3 Å². The summed E-state index contributed by atoms with van der Waals surface area (Å²) in [6.45, 7) is 0. The Morgan fingerprint density at radius 3 is 2.71 bits per heavy atom. The number of carbonyl (C=O) groups is 1. The van der Waals surface area contributed by atoms with Crippen molar-refractivity contribution in [2.24, 2.45) is 4.99 Å². The molecule has 21 heavy (non-hydrogen) atoms. The second kappa shape index (κ2) is 5.54. The van der Waals surface area contributed by atoms with Gasteiger partial charge in [0, 0.05) is 4.47 Å². The summed E-state index contributed by atoms with van der Waals surface area (Å²) in [7, 11) is 0. The molecule has 0 radical (unpaired) electrons. The van der Waals surface area contributed by atoms with Crippen molar-refractivity contribution < 1.29 is 14.6 Å². The Hall–Kier alpha value is -2.40. The molecule has 1 aliphatic heterocycles. The third-order valence-corrected chi connectivity index (χ3v) is 3.59. The molecule has 1 N–H and O–H groups in total. The van der Waals surface area contributed by atoms with Crippen LogP contribution in [0.15, 0.2) is 63.7 Å². The van der Waals surface area contributed by atoms with Crippen LogP contribution in [0.1, 0.15) is 11.1 Å². The number of hydrogen-bond acceptors (Lipinski definition) is 4. The summed E-state index contributed by atoms with van der Waals surface area (Å²) in [6.07, 6.45) is 1.58. The van der Waals surface area contributed by atoms with Crippen LogP contribution < -0.4 is 0 Å². The number of benzene rings is 2. The van der Waals surface area contributed by atoms with E-state index < -0.39 is 5.97 Å². The Morgan fingerprint density at radius 2 is 1.95 bits per heavy atom. The normalized spacial score (nSPS) is 16.0. The highest BCUT2D eigenvalue weighted by Gasteiger charge is 2.25. The van der Waals surface area contributed by atoms with Crippen LogP contribution in [0, 0.1) is 0 Å². The molecule has 2 aromatic rings. The maximum Gasteiger partial charge on any atom is 0.363 e. The first-order chi connectivity index (χ1) is 10.1. The fourth-order valence-electron chi connectivity index (χ4n) is 1.93. The van der Waals surface area contributed by atoms with Crippen LogP contribution in [0.2, 0.25) is 0 Å². The second-order valence-electron chi connectivity index (χ2n) is 4.41. The number of esters is 1. The molecule has 0 aliphatic carbocycles. The van der Waals surface area contributed by atoms with E-state index in [4.69, 9.17) is 4.74 Å². The highest BCUT2D eigenvalue weighted by Crippen LogP contribution is 2.24. The van der Waals surface area contributed by atoms with Crippen molar-refractivity contribution in [3.8, 4) is 5.75 Å². The number of phenolic OH excluding ortho intramolecular Hbond substituents is 1. The maximum absolute atomic E-state index is 11.9. The third kappa shape index (κ3) is 2.87. The minimum atomic E-state index is -0.510. The van der Waals surface area contributed by atoms with Gasteiger partial charge in [0.15, 0.2) is 5.70 Å². The van der Waals surface area contributed by atoms with Gasteiger partial charge < -0.3 is 9.84 Å². The number of ether oxygens (including phenoxy) is 1. The molecule has 0 aromatic heterocycles. The van der Waals surface area contributed by atoms with E-state index in [-0.39, 0.29) is 17.3 Å². The molecule has 0 spiro atoms. The lowest BCUT2D eigenvalue weighted by Gasteiger charge is -2.01. The Kier molecular flexibility index (Phi) is 3.58. The third-order valence-electron chi connectivity index (χ3n) is 2.90. The molecule has 0 unspecified atom stereocenters. The quantitative estimate of drug-likeness (QED) is 0.670.